The SMILES string of the molecule is Cc1cc(C)n(C[C@H]2CCCN2C(=O)c2ccoc2C)n1. The number of rotatable bonds is 3. The van der Waals surface area contributed by atoms with Gasteiger partial charge in [-0.1, -0.05) is 0 Å². The molecule has 1 aliphatic heterocycles. The van der Waals surface area contributed by atoms with Crippen molar-refractivity contribution in [3.63, 3.8) is 0 Å². The molecule has 3 rings (SSSR count). The van der Waals surface area contributed by atoms with Crippen molar-refractivity contribution in [3.05, 3.63) is 41.1 Å². The van der Waals surface area contributed by atoms with E-state index < -0.39 is 0 Å². The van der Waals surface area contributed by atoms with Gasteiger partial charge in [0.2, 0.25) is 0 Å². The zero-order valence-corrected chi connectivity index (χ0v) is 12.8. The van der Waals surface area contributed by atoms with E-state index in [0.717, 1.165) is 37.3 Å². The topological polar surface area (TPSA) is 51.3 Å². The largest absolute Gasteiger partial charge is 0.469 e. The van der Waals surface area contributed by atoms with Crippen LogP contribution in [-0.2, 0) is 6.54 Å². The minimum atomic E-state index is 0.0743. The van der Waals surface area contributed by atoms with Gasteiger partial charge in [0.05, 0.1) is 30.1 Å². The van der Waals surface area contributed by atoms with Crippen LogP contribution in [0.25, 0.3) is 0 Å². The van der Waals surface area contributed by atoms with Crippen molar-refractivity contribution < 1.29 is 9.21 Å². The van der Waals surface area contributed by atoms with Crippen molar-refractivity contribution in [3.8, 4) is 0 Å². The monoisotopic (exact) mass is 287 g/mol. The smallest absolute Gasteiger partial charge is 0.257 e. The van der Waals surface area contributed by atoms with Gasteiger partial charge in [0.1, 0.15) is 5.76 Å². The lowest BCUT2D eigenvalue weighted by molar-refractivity contribution is 0.0719. The molecule has 0 unspecified atom stereocenters. The third kappa shape index (κ3) is 2.60. The summed E-state index contributed by atoms with van der Waals surface area (Å²) in [6.07, 6.45) is 3.66. The van der Waals surface area contributed by atoms with E-state index in [1.165, 1.54) is 0 Å². The Morgan fingerprint density at radius 2 is 2.24 bits per heavy atom. The number of likely N-dealkylation sites (tertiary alicyclic amines) is 1. The Labute approximate surface area is 124 Å². The molecule has 0 radical (unpaired) electrons. The predicted octanol–water partition coefficient (Wildman–Crippen LogP) is 2.71. The Kier molecular flexibility index (Phi) is 3.57. The normalized spacial score (nSPS) is 18.4. The van der Waals surface area contributed by atoms with Crippen molar-refractivity contribution in [1.29, 1.82) is 0 Å². The molecule has 1 saturated heterocycles. The average molecular weight is 287 g/mol. The Bertz CT molecular complexity index is 656. The molecule has 1 amide bonds. The van der Waals surface area contributed by atoms with Gasteiger partial charge in [0.25, 0.3) is 5.91 Å². The van der Waals surface area contributed by atoms with Crippen LogP contribution in [0.4, 0.5) is 0 Å². The summed E-state index contributed by atoms with van der Waals surface area (Å²) in [5, 5.41) is 4.51. The van der Waals surface area contributed by atoms with Crippen molar-refractivity contribution in [1.82, 2.24) is 14.7 Å². The minimum absolute atomic E-state index is 0.0743. The Morgan fingerprint density at radius 3 is 2.86 bits per heavy atom. The van der Waals surface area contributed by atoms with Crippen LogP contribution in [0.15, 0.2) is 22.8 Å². The quantitative estimate of drug-likeness (QED) is 0.872. The minimum Gasteiger partial charge on any atom is -0.469 e. The first-order valence-corrected chi connectivity index (χ1v) is 7.42. The molecule has 0 saturated carbocycles. The van der Waals surface area contributed by atoms with E-state index in [4.69, 9.17) is 4.42 Å². The van der Waals surface area contributed by atoms with Gasteiger partial charge in [-0.3, -0.25) is 9.48 Å². The molecule has 0 bridgehead atoms. The summed E-state index contributed by atoms with van der Waals surface area (Å²) >= 11 is 0. The van der Waals surface area contributed by atoms with E-state index in [1.807, 2.05) is 23.4 Å². The fourth-order valence-electron chi connectivity index (χ4n) is 3.11. The molecular formula is C16H21N3O2. The van der Waals surface area contributed by atoms with Gasteiger partial charge >= 0.3 is 0 Å². The highest BCUT2D eigenvalue weighted by atomic mass is 16.3. The molecule has 1 fully saturated rings. The molecule has 2 aromatic heterocycles. The molecule has 0 aliphatic carbocycles. The van der Waals surface area contributed by atoms with Crippen LogP contribution in [0.1, 0.15) is 40.3 Å². The van der Waals surface area contributed by atoms with Gasteiger partial charge in [-0.05, 0) is 45.7 Å². The molecular weight excluding hydrogens is 266 g/mol. The van der Waals surface area contributed by atoms with Crippen molar-refractivity contribution in [2.45, 2.75) is 46.2 Å². The molecule has 0 N–H and O–H groups in total. The number of furan rings is 1. The molecule has 5 heteroatoms. The summed E-state index contributed by atoms with van der Waals surface area (Å²) in [6.45, 7) is 7.46. The van der Waals surface area contributed by atoms with Gasteiger partial charge in [0.15, 0.2) is 0 Å². The van der Waals surface area contributed by atoms with Crippen LogP contribution in [0.2, 0.25) is 0 Å². The van der Waals surface area contributed by atoms with Crippen LogP contribution in [0.3, 0.4) is 0 Å². The first-order valence-electron chi connectivity index (χ1n) is 7.42. The molecule has 0 aromatic carbocycles. The number of carbonyl (C=O) groups is 1. The van der Waals surface area contributed by atoms with Gasteiger partial charge in [-0.15, -0.1) is 0 Å². The van der Waals surface area contributed by atoms with Crippen LogP contribution in [0.5, 0.6) is 0 Å². The Morgan fingerprint density at radius 1 is 1.43 bits per heavy atom. The summed E-state index contributed by atoms with van der Waals surface area (Å²) in [5.74, 6) is 0.766. The number of hydrogen-bond donors (Lipinski definition) is 0. The van der Waals surface area contributed by atoms with Gasteiger partial charge < -0.3 is 9.32 Å². The number of aryl methyl sites for hydroxylation is 3. The number of nitrogens with zero attached hydrogens (tertiary/aromatic N) is 3. The first kappa shape index (κ1) is 13.9. The number of aromatic nitrogens is 2. The fraction of sp³-hybridized carbons (Fsp3) is 0.500. The second kappa shape index (κ2) is 5.39. The molecule has 112 valence electrons. The van der Waals surface area contributed by atoms with E-state index in [0.29, 0.717) is 11.3 Å². The van der Waals surface area contributed by atoms with Crippen LogP contribution >= 0.6 is 0 Å². The van der Waals surface area contributed by atoms with Crippen LogP contribution in [-0.4, -0.2) is 33.2 Å². The van der Waals surface area contributed by atoms with Crippen molar-refractivity contribution >= 4 is 5.91 Å². The summed E-state index contributed by atoms with van der Waals surface area (Å²) in [6, 6.07) is 4.04. The predicted molar refractivity (Wildman–Crippen MR) is 79.2 cm³/mol. The summed E-state index contributed by atoms with van der Waals surface area (Å²) in [7, 11) is 0. The third-order valence-electron chi connectivity index (χ3n) is 4.21. The summed E-state index contributed by atoms with van der Waals surface area (Å²) < 4.78 is 7.26. The van der Waals surface area contributed by atoms with Gasteiger partial charge in [-0.25, -0.2) is 0 Å². The highest BCUT2D eigenvalue weighted by Crippen LogP contribution is 2.23. The van der Waals surface area contributed by atoms with Gasteiger partial charge in [0, 0.05) is 12.2 Å². The standard InChI is InChI=1S/C16H21N3O2/c1-11-9-12(2)19(17-11)10-14-5-4-7-18(14)16(20)15-6-8-21-13(15)3/h6,8-9,14H,4-5,7,10H2,1-3H3/t14-/m1/s1. The highest BCUT2D eigenvalue weighted by Gasteiger charge is 2.31. The maximum Gasteiger partial charge on any atom is 0.257 e. The summed E-state index contributed by atoms with van der Waals surface area (Å²) in [5.41, 5.74) is 2.84. The zero-order valence-electron chi connectivity index (χ0n) is 12.8. The molecule has 5 nitrogen and oxygen atoms in total. The highest BCUT2D eigenvalue weighted by molar-refractivity contribution is 5.95. The lowest BCUT2D eigenvalue weighted by Gasteiger charge is -2.25. The fourth-order valence-corrected chi connectivity index (χ4v) is 3.11. The number of carbonyl (C=O) groups excluding carboxylic acids is 1. The Hall–Kier alpha value is -2.04. The van der Waals surface area contributed by atoms with Crippen LogP contribution < -0.4 is 0 Å². The molecule has 1 atom stereocenters. The maximum atomic E-state index is 12.7. The first-order chi connectivity index (χ1) is 10.1. The van der Waals surface area contributed by atoms with Crippen LogP contribution in [0, 0.1) is 20.8 Å². The Balaban J connectivity index is 1.78. The van der Waals surface area contributed by atoms with E-state index in [2.05, 4.69) is 18.1 Å². The second-order valence-electron chi connectivity index (χ2n) is 5.79. The number of hydrogen-bond acceptors (Lipinski definition) is 3. The van der Waals surface area contributed by atoms with E-state index >= 15 is 0 Å². The average Bonchev–Trinajstić information content (AvgIpc) is 3.12. The molecule has 21 heavy (non-hydrogen) atoms. The molecule has 0 spiro atoms. The lowest BCUT2D eigenvalue weighted by atomic mass is 10.2. The van der Waals surface area contributed by atoms with E-state index in [-0.39, 0.29) is 11.9 Å². The third-order valence-corrected chi connectivity index (χ3v) is 4.21. The van der Waals surface area contributed by atoms with Crippen molar-refractivity contribution in [2.24, 2.45) is 0 Å². The number of amides is 1. The van der Waals surface area contributed by atoms with Gasteiger partial charge in [-0.2, -0.15) is 5.10 Å². The van der Waals surface area contributed by atoms with E-state index in [9.17, 15) is 4.79 Å². The molecule has 3 heterocycles. The zero-order chi connectivity index (χ0) is 15.0. The van der Waals surface area contributed by atoms with Crippen molar-refractivity contribution in [2.75, 3.05) is 6.54 Å². The molecule has 1 aliphatic rings. The lowest BCUT2D eigenvalue weighted by Crippen LogP contribution is -2.38. The second-order valence-corrected chi connectivity index (χ2v) is 5.79. The maximum absolute atomic E-state index is 12.7. The molecule has 2 aromatic rings. The summed E-state index contributed by atoms with van der Waals surface area (Å²) in [4.78, 5) is 14.6. The van der Waals surface area contributed by atoms with E-state index in [1.54, 1.807) is 12.3 Å².